The number of hydrogen-bond acceptors (Lipinski definition) is 2. The Balaban J connectivity index is 2.25. The fourth-order valence-corrected chi connectivity index (χ4v) is 2.37. The third-order valence-electron chi connectivity index (χ3n) is 3.02. The van der Waals surface area contributed by atoms with E-state index in [0.717, 1.165) is 0 Å². The molecular formula is C10H18N4O2. The molecule has 6 heteroatoms. The molecule has 0 aliphatic carbocycles. The maximum Gasteiger partial charge on any atom is 0.321 e. The quantitative estimate of drug-likeness (QED) is 0.720. The van der Waals surface area contributed by atoms with Gasteiger partial charge in [-0.1, -0.05) is 0 Å². The third kappa shape index (κ3) is 1.40. The summed E-state index contributed by atoms with van der Waals surface area (Å²) in [5.74, 6) is 0. The van der Waals surface area contributed by atoms with Crippen LogP contribution in [0, 0.1) is 0 Å². The van der Waals surface area contributed by atoms with Crippen LogP contribution in [0.25, 0.3) is 0 Å². The van der Waals surface area contributed by atoms with E-state index in [1.807, 2.05) is 27.7 Å². The van der Waals surface area contributed by atoms with Gasteiger partial charge in [0.1, 0.15) is 12.3 Å². The van der Waals surface area contributed by atoms with Crippen molar-refractivity contribution >= 4 is 12.1 Å². The molecule has 0 spiro atoms. The van der Waals surface area contributed by atoms with Crippen molar-refractivity contribution in [2.45, 2.75) is 52.1 Å². The highest BCUT2D eigenvalue weighted by Crippen LogP contribution is 2.24. The van der Waals surface area contributed by atoms with Crippen LogP contribution < -0.4 is 10.6 Å². The van der Waals surface area contributed by atoms with Gasteiger partial charge in [0, 0.05) is 12.1 Å². The molecule has 0 aromatic rings. The van der Waals surface area contributed by atoms with Gasteiger partial charge in [-0.25, -0.2) is 9.59 Å². The van der Waals surface area contributed by atoms with Gasteiger partial charge in [0.05, 0.1) is 0 Å². The highest BCUT2D eigenvalue weighted by atomic mass is 16.2. The van der Waals surface area contributed by atoms with Crippen LogP contribution in [0.15, 0.2) is 0 Å². The molecule has 2 aliphatic rings. The number of urea groups is 2. The molecule has 0 radical (unpaired) electrons. The molecule has 90 valence electrons. The first-order chi connectivity index (χ1) is 7.43. The Bertz CT molecular complexity index is 297. The van der Waals surface area contributed by atoms with E-state index in [4.69, 9.17) is 0 Å². The summed E-state index contributed by atoms with van der Waals surface area (Å²) in [5, 5.41) is 5.68. The summed E-state index contributed by atoms with van der Waals surface area (Å²) in [7, 11) is 0. The van der Waals surface area contributed by atoms with Crippen molar-refractivity contribution in [3.8, 4) is 0 Å². The predicted octanol–water partition coefficient (Wildman–Crippen LogP) is 0.506. The summed E-state index contributed by atoms with van der Waals surface area (Å²) < 4.78 is 0. The van der Waals surface area contributed by atoms with Crippen molar-refractivity contribution in [3.63, 3.8) is 0 Å². The smallest absolute Gasteiger partial charge is 0.314 e. The fourth-order valence-electron chi connectivity index (χ4n) is 2.37. The second kappa shape index (κ2) is 3.54. The Morgan fingerprint density at radius 3 is 1.44 bits per heavy atom. The molecule has 2 aliphatic heterocycles. The van der Waals surface area contributed by atoms with Crippen molar-refractivity contribution in [2.75, 3.05) is 0 Å². The Morgan fingerprint density at radius 2 is 1.19 bits per heavy atom. The van der Waals surface area contributed by atoms with Crippen molar-refractivity contribution < 1.29 is 9.59 Å². The van der Waals surface area contributed by atoms with Crippen molar-refractivity contribution in [3.05, 3.63) is 0 Å². The molecular weight excluding hydrogens is 208 g/mol. The number of nitrogens with zero attached hydrogens (tertiary/aromatic N) is 2. The van der Waals surface area contributed by atoms with E-state index in [-0.39, 0.29) is 36.5 Å². The molecule has 2 heterocycles. The summed E-state index contributed by atoms with van der Waals surface area (Å²) in [6, 6.07) is -0.0869. The second-order valence-electron chi connectivity index (χ2n) is 4.79. The van der Waals surface area contributed by atoms with E-state index in [2.05, 4.69) is 10.6 Å². The average molecular weight is 226 g/mol. The third-order valence-corrected chi connectivity index (χ3v) is 3.02. The van der Waals surface area contributed by atoms with Gasteiger partial charge in [0.15, 0.2) is 0 Å². The molecule has 2 N–H and O–H groups in total. The minimum Gasteiger partial charge on any atom is -0.314 e. The largest absolute Gasteiger partial charge is 0.321 e. The second-order valence-corrected chi connectivity index (χ2v) is 4.79. The zero-order chi connectivity index (χ0) is 12.0. The Kier molecular flexibility index (Phi) is 2.44. The average Bonchev–Trinajstić information content (AvgIpc) is 2.55. The van der Waals surface area contributed by atoms with Crippen molar-refractivity contribution in [1.82, 2.24) is 20.4 Å². The first-order valence-corrected chi connectivity index (χ1v) is 5.61. The summed E-state index contributed by atoms with van der Waals surface area (Å²) in [4.78, 5) is 26.8. The number of hydrogen-bond donors (Lipinski definition) is 2. The zero-order valence-electron chi connectivity index (χ0n) is 10.0. The summed E-state index contributed by atoms with van der Waals surface area (Å²) >= 11 is 0. The lowest BCUT2D eigenvalue weighted by Gasteiger charge is -2.26. The molecule has 0 bridgehead atoms. The standard InChI is InChI=1S/C10H18N4O2/c1-5(2)13-7-8(12-9(13)15)14(6(3)4)10(16)11-7/h5-8H,1-4H3,(H,11,16)(H,12,15). The first-order valence-electron chi connectivity index (χ1n) is 5.61. The molecule has 0 saturated carbocycles. The molecule has 0 aromatic carbocycles. The summed E-state index contributed by atoms with van der Waals surface area (Å²) in [6.45, 7) is 7.75. The van der Waals surface area contributed by atoms with Crippen LogP contribution in [0.3, 0.4) is 0 Å². The number of carbonyl (C=O) groups excluding carboxylic acids is 2. The Labute approximate surface area is 95.0 Å². The first kappa shape index (κ1) is 11.0. The van der Waals surface area contributed by atoms with Gasteiger partial charge in [0.2, 0.25) is 0 Å². The molecule has 2 saturated heterocycles. The van der Waals surface area contributed by atoms with Gasteiger partial charge in [-0.15, -0.1) is 0 Å². The van der Waals surface area contributed by atoms with Crippen LogP contribution in [-0.2, 0) is 0 Å². The summed E-state index contributed by atoms with van der Waals surface area (Å²) in [5.41, 5.74) is 0. The van der Waals surface area contributed by atoms with E-state index in [0.29, 0.717) is 0 Å². The topological polar surface area (TPSA) is 64.7 Å². The molecule has 2 fully saturated rings. The van der Waals surface area contributed by atoms with Crippen LogP contribution in [0.5, 0.6) is 0 Å². The van der Waals surface area contributed by atoms with Gasteiger partial charge >= 0.3 is 12.1 Å². The van der Waals surface area contributed by atoms with E-state index < -0.39 is 0 Å². The van der Waals surface area contributed by atoms with Crippen LogP contribution >= 0.6 is 0 Å². The highest BCUT2D eigenvalue weighted by molar-refractivity contribution is 5.85. The Morgan fingerprint density at radius 1 is 0.875 bits per heavy atom. The zero-order valence-corrected chi connectivity index (χ0v) is 10.0. The van der Waals surface area contributed by atoms with Crippen LogP contribution in [0.1, 0.15) is 27.7 Å². The van der Waals surface area contributed by atoms with E-state index in [9.17, 15) is 9.59 Å². The molecule has 2 unspecified atom stereocenters. The normalized spacial score (nSPS) is 28.9. The molecule has 6 nitrogen and oxygen atoms in total. The number of amides is 4. The molecule has 4 amide bonds. The minimum atomic E-state index is -0.248. The van der Waals surface area contributed by atoms with E-state index in [1.165, 1.54) is 0 Å². The lowest BCUT2D eigenvalue weighted by atomic mass is 10.2. The Hall–Kier alpha value is -1.46. The van der Waals surface area contributed by atoms with Gasteiger partial charge in [-0.2, -0.15) is 0 Å². The SMILES string of the molecule is CC(C)N1C(=O)NC2C1NC(=O)N2C(C)C. The lowest BCUT2D eigenvalue weighted by molar-refractivity contribution is 0.166. The van der Waals surface area contributed by atoms with Gasteiger partial charge in [0.25, 0.3) is 0 Å². The molecule has 2 rings (SSSR count). The summed E-state index contributed by atoms with van der Waals surface area (Å²) in [6.07, 6.45) is -0.496. The number of carbonyl (C=O) groups is 2. The predicted molar refractivity (Wildman–Crippen MR) is 58.6 cm³/mol. The highest BCUT2D eigenvalue weighted by Gasteiger charge is 2.51. The fraction of sp³-hybridized carbons (Fsp3) is 0.800. The van der Waals surface area contributed by atoms with E-state index in [1.54, 1.807) is 9.80 Å². The van der Waals surface area contributed by atoms with Crippen molar-refractivity contribution in [2.24, 2.45) is 0 Å². The molecule has 0 aromatic heterocycles. The van der Waals surface area contributed by atoms with Gasteiger partial charge < -0.3 is 10.6 Å². The van der Waals surface area contributed by atoms with Crippen LogP contribution in [-0.4, -0.2) is 46.3 Å². The lowest BCUT2D eigenvalue weighted by Crippen LogP contribution is -2.46. The van der Waals surface area contributed by atoms with E-state index >= 15 is 0 Å². The van der Waals surface area contributed by atoms with Gasteiger partial charge in [-0.3, -0.25) is 9.80 Å². The maximum atomic E-state index is 11.7. The van der Waals surface area contributed by atoms with Crippen LogP contribution in [0.4, 0.5) is 9.59 Å². The van der Waals surface area contributed by atoms with Gasteiger partial charge in [-0.05, 0) is 27.7 Å². The molecule has 2 atom stereocenters. The number of nitrogens with one attached hydrogen (secondary N) is 2. The monoisotopic (exact) mass is 226 g/mol. The minimum absolute atomic E-state index is 0.0717. The maximum absolute atomic E-state index is 11.7. The number of rotatable bonds is 2. The van der Waals surface area contributed by atoms with Crippen molar-refractivity contribution in [1.29, 1.82) is 0 Å². The number of fused-ring (bicyclic) bond motifs is 1. The van der Waals surface area contributed by atoms with Crippen LogP contribution in [0.2, 0.25) is 0 Å². The molecule has 16 heavy (non-hydrogen) atoms.